The quantitative estimate of drug-likeness (QED) is 0.689. The van der Waals surface area contributed by atoms with Crippen LogP contribution in [-0.2, 0) is 6.42 Å². The van der Waals surface area contributed by atoms with E-state index in [2.05, 4.69) is 24.5 Å². The number of rotatable bonds is 8. The van der Waals surface area contributed by atoms with Gasteiger partial charge in [-0.2, -0.15) is 0 Å². The van der Waals surface area contributed by atoms with Gasteiger partial charge in [-0.05, 0) is 61.9 Å². The first kappa shape index (κ1) is 21.6. The second kappa shape index (κ2) is 9.15. The molecule has 1 aromatic carbocycles. The molecule has 160 valence electrons. The first-order valence-electron chi connectivity index (χ1n) is 10.2. The van der Waals surface area contributed by atoms with Crippen LogP contribution >= 0.6 is 0 Å². The van der Waals surface area contributed by atoms with E-state index in [1.165, 1.54) is 7.11 Å². The summed E-state index contributed by atoms with van der Waals surface area (Å²) in [7, 11) is 1.47. The second-order valence-electron chi connectivity index (χ2n) is 8.11. The molecule has 7 nitrogen and oxygen atoms in total. The van der Waals surface area contributed by atoms with E-state index in [9.17, 15) is 14.4 Å². The lowest BCUT2D eigenvalue weighted by molar-refractivity contribution is 0.0949. The third kappa shape index (κ3) is 5.28. The van der Waals surface area contributed by atoms with E-state index in [0.717, 1.165) is 19.3 Å². The SMILES string of the molecule is COc1ccc(C(=O)NC2CC2)cc1NC(=O)c1c(C)cc(CCC(C)C)oc1=O. The molecule has 30 heavy (non-hydrogen) atoms. The third-order valence-electron chi connectivity index (χ3n) is 5.02. The monoisotopic (exact) mass is 412 g/mol. The molecule has 2 aromatic rings. The Bertz CT molecular complexity index is 1010. The molecule has 0 unspecified atom stereocenters. The molecule has 0 spiro atoms. The van der Waals surface area contributed by atoms with Crippen molar-refractivity contribution in [1.82, 2.24) is 5.32 Å². The summed E-state index contributed by atoms with van der Waals surface area (Å²) in [6.07, 6.45) is 3.49. The fraction of sp³-hybridized carbons (Fsp3) is 0.435. The lowest BCUT2D eigenvalue weighted by Crippen LogP contribution is -2.26. The van der Waals surface area contributed by atoms with Crippen LogP contribution in [0.5, 0.6) is 5.75 Å². The van der Waals surface area contributed by atoms with Gasteiger partial charge in [-0.15, -0.1) is 0 Å². The smallest absolute Gasteiger partial charge is 0.349 e. The predicted molar refractivity (Wildman–Crippen MR) is 114 cm³/mol. The lowest BCUT2D eigenvalue weighted by Gasteiger charge is -2.13. The zero-order valence-corrected chi connectivity index (χ0v) is 17.8. The minimum atomic E-state index is -0.673. The fourth-order valence-corrected chi connectivity index (χ4v) is 3.13. The molecular weight excluding hydrogens is 384 g/mol. The first-order valence-corrected chi connectivity index (χ1v) is 10.2. The average molecular weight is 412 g/mol. The standard InChI is InChI=1S/C23H28N2O5/c1-13(2)5-9-17-11-14(3)20(23(28)30-17)22(27)25-18-12-15(6-10-19(18)29-4)21(26)24-16-7-8-16/h6,10-13,16H,5,7-9H2,1-4H3,(H,24,26)(H,25,27). The van der Waals surface area contributed by atoms with Crippen LogP contribution in [0.4, 0.5) is 5.69 Å². The van der Waals surface area contributed by atoms with Gasteiger partial charge in [0.2, 0.25) is 0 Å². The largest absolute Gasteiger partial charge is 0.495 e. The fourth-order valence-electron chi connectivity index (χ4n) is 3.13. The van der Waals surface area contributed by atoms with Gasteiger partial charge in [0.25, 0.3) is 11.8 Å². The summed E-state index contributed by atoms with van der Waals surface area (Å²) < 4.78 is 10.7. The molecule has 3 rings (SSSR count). The van der Waals surface area contributed by atoms with E-state index in [-0.39, 0.29) is 17.5 Å². The third-order valence-corrected chi connectivity index (χ3v) is 5.02. The Balaban J connectivity index is 1.82. The molecule has 1 heterocycles. The highest BCUT2D eigenvalue weighted by molar-refractivity contribution is 6.06. The van der Waals surface area contributed by atoms with Crippen molar-refractivity contribution >= 4 is 17.5 Å². The molecule has 0 saturated heterocycles. The van der Waals surface area contributed by atoms with E-state index >= 15 is 0 Å². The maximum atomic E-state index is 12.8. The van der Waals surface area contributed by atoms with Crippen LogP contribution in [0.3, 0.4) is 0 Å². The van der Waals surface area contributed by atoms with Gasteiger partial charge in [0.05, 0.1) is 12.8 Å². The molecule has 2 amide bonds. The summed E-state index contributed by atoms with van der Waals surface area (Å²) in [6.45, 7) is 5.90. The summed E-state index contributed by atoms with van der Waals surface area (Å²) in [5.74, 6) is 0.631. The molecule has 1 saturated carbocycles. The number of anilines is 1. The van der Waals surface area contributed by atoms with Crippen LogP contribution in [0.25, 0.3) is 0 Å². The minimum Gasteiger partial charge on any atom is -0.495 e. The molecule has 2 N–H and O–H groups in total. The van der Waals surface area contributed by atoms with Gasteiger partial charge in [0.1, 0.15) is 17.1 Å². The van der Waals surface area contributed by atoms with Crippen molar-refractivity contribution < 1.29 is 18.7 Å². The van der Waals surface area contributed by atoms with Crippen LogP contribution in [0.1, 0.15) is 65.1 Å². The van der Waals surface area contributed by atoms with Crippen LogP contribution in [0.2, 0.25) is 0 Å². The van der Waals surface area contributed by atoms with Crippen LogP contribution in [0, 0.1) is 12.8 Å². The van der Waals surface area contributed by atoms with Crippen molar-refractivity contribution in [2.45, 2.75) is 52.5 Å². The Morgan fingerprint density at radius 1 is 1.20 bits per heavy atom. The maximum absolute atomic E-state index is 12.8. The summed E-state index contributed by atoms with van der Waals surface area (Å²) >= 11 is 0. The number of aryl methyl sites for hydroxylation is 2. The molecule has 1 fully saturated rings. The molecule has 0 radical (unpaired) electrons. The zero-order chi connectivity index (χ0) is 21.8. The topological polar surface area (TPSA) is 97.6 Å². The van der Waals surface area contributed by atoms with Gasteiger partial charge in [0, 0.05) is 18.0 Å². The van der Waals surface area contributed by atoms with E-state index in [1.54, 1.807) is 31.2 Å². The minimum absolute atomic E-state index is 0.0572. The van der Waals surface area contributed by atoms with Crippen molar-refractivity contribution in [2.24, 2.45) is 5.92 Å². The Hall–Kier alpha value is -3.09. The van der Waals surface area contributed by atoms with Crippen molar-refractivity contribution in [3.8, 4) is 5.75 Å². The van der Waals surface area contributed by atoms with Gasteiger partial charge in [-0.25, -0.2) is 4.79 Å². The highest BCUT2D eigenvalue weighted by atomic mass is 16.5. The van der Waals surface area contributed by atoms with Crippen LogP contribution < -0.4 is 21.0 Å². The number of ether oxygens (including phenoxy) is 1. The molecule has 0 aliphatic heterocycles. The number of carbonyl (C=O) groups is 2. The Kier molecular flexibility index (Phi) is 6.59. The number of nitrogens with one attached hydrogen (secondary N) is 2. The Labute approximate surface area is 175 Å². The highest BCUT2D eigenvalue weighted by Crippen LogP contribution is 2.27. The van der Waals surface area contributed by atoms with Crippen molar-refractivity contribution in [2.75, 3.05) is 12.4 Å². The van der Waals surface area contributed by atoms with Crippen molar-refractivity contribution in [3.05, 3.63) is 57.1 Å². The molecule has 1 aliphatic carbocycles. The second-order valence-corrected chi connectivity index (χ2v) is 8.11. The van der Waals surface area contributed by atoms with Crippen molar-refractivity contribution in [3.63, 3.8) is 0 Å². The summed E-state index contributed by atoms with van der Waals surface area (Å²) in [5, 5.41) is 5.60. The number of benzene rings is 1. The van der Waals surface area contributed by atoms with Gasteiger partial charge >= 0.3 is 5.63 Å². The summed E-state index contributed by atoms with van der Waals surface area (Å²) in [5.41, 5.74) is 0.537. The van der Waals surface area contributed by atoms with Crippen molar-refractivity contribution in [1.29, 1.82) is 0 Å². The Morgan fingerprint density at radius 3 is 2.53 bits per heavy atom. The summed E-state index contributed by atoms with van der Waals surface area (Å²) in [6, 6.07) is 6.74. The lowest BCUT2D eigenvalue weighted by atomic mass is 10.0. The normalized spacial score (nSPS) is 13.2. The molecule has 0 bridgehead atoms. The average Bonchev–Trinajstić information content (AvgIpc) is 3.49. The Morgan fingerprint density at radius 2 is 1.93 bits per heavy atom. The van der Waals surface area contributed by atoms with Gasteiger partial charge in [0.15, 0.2) is 0 Å². The number of hydrogen-bond acceptors (Lipinski definition) is 5. The summed E-state index contributed by atoms with van der Waals surface area (Å²) in [4.78, 5) is 37.6. The van der Waals surface area contributed by atoms with Gasteiger partial charge in [-0.3, -0.25) is 9.59 Å². The van der Waals surface area contributed by atoms with E-state index < -0.39 is 11.5 Å². The molecule has 0 atom stereocenters. The van der Waals surface area contributed by atoms with E-state index in [1.807, 2.05) is 0 Å². The molecule has 1 aliphatic rings. The first-order chi connectivity index (χ1) is 14.3. The molecular formula is C23H28N2O5. The van der Waals surface area contributed by atoms with E-state index in [4.69, 9.17) is 9.15 Å². The number of amides is 2. The van der Waals surface area contributed by atoms with Crippen LogP contribution in [0.15, 0.2) is 33.5 Å². The number of carbonyl (C=O) groups excluding carboxylic acids is 2. The molecule has 1 aromatic heterocycles. The number of hydrogen-bond donors (Lipinski definition) is 2. The maximum Gasteiger partial charge on any atom is 0.349 e. The molecule has 7 heteroatoms. The van der Waals surface area contributed by atoms with E-state index in [0.29, 0.717) is 40.7 Å². The van der Waals surface area contributed by atoms with Crippen LogP contribution in [-0.4, -0.2) is 25.0 Å². The highest BCUT2D eigenvalue weighted by Gasteiger charge is 2.25. The van der Waals surface area contributed by atoms with Gasteiger partial charge < -0.3 is 19.8 Å². The number of methoxy groups -OCH3 is 1. The van der Waals surface area contributed by atoms with Gasteiger partial charge in [-0.1, -0.05) is 13.8 Å². The zero-order valence-electron chi connectivity index (χ0n) is 17.8. The predicted octanol–water partition coefficient (Wildman–Crippen LogP) is 3.69.